The molecule has 0 heterocycles. The van der Waals surface area contributed by atoms with Crippen molar-refractivity contribution in [3.8, 4) is 0 Å². The minimum Gasteiger partial charge on any atom is -0.497 e. The van der Waals surface area contributed by atoms with Crippen LogP contribution in [0.25, 0.3) is 0 Å². The Bertz CT molecular complexity index is 347. The molecule has 2 atom stereocenters. The molecule has 0 amide bonds. The highest BCUT2D eigenvalue weighted by Crippen LogP contribution is 2.35. The van der Waals surface area contributed by atoms with E-state index in [1.54, 1.807) is 0 Å². The first-order valence-electron chi connectivity index (χ1n) is 4.48. The normalized spacial score (nSPS) is 33.4. The number of allylic oxidation sites excluding steroid dienone is 1. The minimum atomic E-state index is -2.12. The Balaban J connectivity index is 3.28. The molecule has 1 rings (SSSR count). The molecule has 0 fully saturated rings. The van der Waals surface area contributed by atoms with Crippen molar-refractivity contribution >= 4 is 5.97 Å². The van der Waals surface area contributed by atoms with E-state index in [1.807, 2.05) is 0 Å². The van der Waals surface area contributed by atoms with E-state index in [1.165, 1.54) is 33.5 Å². The molecular weight excluding hydrogens is 216 g/mol. The molecule has 1 aliphatic rings. The van der Waals surface area contributed by atoms with Gasteiger partial charge in [0.2, 0.25) is 11.4 Å². The zero-order chi connectivity index (χ0) is 12.4. The van der Waals surface area contributed by atoms with Crippen LogP contribution in [0.3, 0.4) is 0 Å². The van der Waals surface area contributed by atoms with Gasteiger partial charge >= 0.3 is 5.97 Å². The van der Waals surface area contributed by atoms with Crippen molar-refractivity contribution in [3.63, 3.8) is 0 Å². The second kappa shape index (κ2) is 4.25. The summed E-state index contributed by atoms with van der Waals surface area (Å²) in [5.74, 6) is -3.19. The zero-order valence-corrected chi connectivity index (χ0v) is 9.26. The Morgan fingerprint density at radius 3 is 2.31 bits per heavy atom. The predicted octanol–water partition coefficient (Wildman–Crippen LogP) is -0.109. The first kappa shape index (κ1) is 12.7. The number of carboxylic acid groups (broad SMARTS) is 1. The molecule has 0 aromatic heterocycles. The number of carbonyl (C=O) groups is 1. The molecule has 0 aliphatic heterocycles. The molecule has 1 aliphatic carbocycles. The van der Waals surface area contributed by atoms with Crippen LogP contribution in [-0.2, 0) is 19.0 Å². The van der Waals surface area contributed by atoms with Crippen molar-refractivity contribution in [2.45, 2.75) is 11.4 Å². The van der Waals surface area contributed by atoms with E-state index in [0.29, 0.717) is 5.76 Å². The second-order valence-corrected chi connectivity index (χ2v) is 3.23. The first-order chi connectivity index (χ1) is 7.45. The van der Waals surface area contributed by atoms with E-state index >= 15 is 0 Å². The van der Waals surface area contributed by atoms with E-state index in [9.17, 15) is 9.90 Å². The molecule has 0 spiro atoms. The first-order valence-corrected chi connectivity index (χ1v) is 4.48. The number of methoxy groups -OCH3 is 3. The van der Waals surface area contributed by atoms with Gasteiger partial charge in [0.25, 0.3) is 0 Å². The summed E-state index contributed by atoms with van der Waals surface area (Å²) in [5, 5.41) is 19.3. The van der Waals surface area contributed by atoms with Crippen molar-refractivity contribution in [2.75, 3.05) is 21.3 Å². The smallest absolute Gasteiger partial charge is 0.346 e. The molecule has 90 valence electrons. The molecule has 2 N–H and O–H groups in total. The van der Waals surface area contributed by atoms with E-state index < -0.39 is 17.4 Å². The summed E-state index contributed by atoms with van der Waals surface area (Å²) in [6.45, 7) is 0. The third-order valence-electron chi connectivity index (χ3n) is 2.54. The number of hydrogen-bond donors (Lipinski definition) is 2. The summed E-state index contributed by atoms with van der Waals surface area (Å²) in [4.78, 5) is 11.2. The van der Waals surface area contributed by atoms with Gasteiger partial charge in [0.15, 0.2) is 0 Å². The quantitative estimate of drug-likeness (QED) is 0.655. The molecule has 2 unspecified atom stereocenters. The van der Waals surface area contributed by atoms with Crippen molar-refractivity contribution in [1.82, 2.24) is 0 Å². The maximum absolute atomic E-state index is 11.2. The number of carboxylic acids is 1. The number of aliphatic hydroxyl groups is 1. The lowest BCUT2D eigenvalue weighted by Gasteiger charge is -2.39. The zero-order valence-electron chi connectivity index (χ0n) is 9.26. The van der Waals surface area contributed by atoms with Crippen molar-refractivity contribution in [2.24, 2.45) is 0 Å². The fraction of sp³-hybridized carbons (Fsp3) is 0.500. The molecule has 0 aromatic rings. The lowest BCUT2D eigenvalue weighted by Crippen LogP contribution is -2.60. The Hall–Kier alpha value is -1.37. The standard InChI is InChI=1S/C10H14O6/c1-14-7-4-5-9(15-2,8(11)12)10(13,6-7)16-3/h4-6,13H,1-3H3,(H,11,12). The third kappa shape index (κ3) is 1.60. The van der Waals surface area contributed by atoms with Gasteiger partial charge in [0, 0.05) is 20.3 Å². The van der Waals surface area contributed by atoms with Gasteiger partial charge in [0.05, 0.1) is 7.11 Å². The average Bonchev–Trinajstić information content (AvgIpc) is 2.28. The summed E-state index contributed by atoms with van der Waals surface area (Å²) >= 11 is 0. The average molecular weight is 230 g/mol. The Morgan fingerprint density at radius 1 is 1.31 bits per heavy atom. The largest absolute Gasteiger partial charge is 0.497 e. The van der Waals surface area contributed by atoms with Gasteiger partial charge in [-0.15, -0.1) is 0 Å². The highest BCUT2D eigenvalue weighted by Gasteiger charge is 2.57. The van der Waals surface area contributed by atoms with E-state index in [2.05, 4.69) is 0 Å². The van der Waals surface area contributed by atoms with Crippen molar-refractivity contribution in [1.29, 1.82) is 0 Å². The van der Waals surface area contributed by atoms with E-state index in [4.69, 9.17) is 19.3 Å². The monoisotopic (exact) mass is 230 g/mol. The predicted molar refractivity (Wildman–Crippen MR) is 53.6 cm³/mol. The van der Waals surface area contributed by atoms with Gasteiger partial charge in [-0.1, -0.05) is 0 Å². The summed E-state index contributed by atoms with van der Waals surface area (Å²) < 4.78 is 14.6. The van der Waals surface area contributed by atoms with Gasteiger partial charge < -0.3 is 24.4 Å². The van der Waals surface area contributed by atoms with Gasteiger partial charge in [-0.25, -0.2) is 4.79 Å². The molecule has 6 nitrogen and oxygen atoms in total. The Morgan fingerprint density at radius 2 is 1.94 bits per heavy atom. The lowest BCUT2D eigenvalue weighted by atomic mass is 9.87. The maximum Gasteiger partial charge on any atom is 0.346 e. The van der Waals surface area contributed by atoms with Crippen LogP contribution in [0.5, 0.6) is 0 Å². The molecule has 0 radical (unpaired) electrons. The molecule has 0 saturated heterocycles. The van der Waals surface area contributed by atoms with Crippen LogP contribution in [0.4, 0.5) is 0 Å². The summed E-state index contributed by atoms with van der Waals surface area (Å²) in [6.07, 6.45) is 3.72. The fourth-order valence-electron chi connectivity index (χ4n) is 1.53. The van der Waals surface area contributed by atoms with Gasteiger partial charge in [-0.3, -0.25) is 0 Å². The van der Waals surface area contributed by atoms with Gasteiger partial charge in [-0.05, 0) is 12.2 Å². The number of aliphatic carboxylic acids is 1. The maximum atomic E-state index is 11.2. The number of rotatable bonds is 4. The molecule has 6 heteroatoms. The summed E-state index contributed by atoms with van der Waals surface area (Å²) in [6, 6.07) is 0. The summed E-state index contributed by atoms with van der Waals surface area (Å²) in [5.41, 5.74) is -1.98. The fourth-order valence-corrected chi connectivity index (χ4v) is 1.53. The summed E-state index contributed by atoms with van der Waals surface area (Å²) in [7, 11) is 3.75. The van der Waals surface area contributed by atoms with Crippen LogP contribution in [0.15, 0.2) is 24.0 Å². The van der Waals surface area contributed by atoms with Crippen molar-refractivity contribution in [3.05, 3.63) is 24.0 Å². The van der Waals surface area contributed by atoms with Crippen LogP contribution < -0.4 is 0 Å². The minimum absolute atomic E-state index is 0.290. The molecule has 0 bridgehead atoms. The highest BCUT2D eigenvalue weighted by molar-refractivity contribution is 5.83. The Kier molecular flexibility index (Phi) is 3.37. The highest BCUT2D eigenvalue weighted by atomic mass is 16.7. The van der Waals surface area contributed by atoms with E-state index in [-0.39, 0.29) is 0 Å². The van der Waals surface area contributed by atoms with Crippen LogP contribution in [0.2, 0.25) is 0 Å². The van der Waals surface area contributed by atoms with Crippen molar-refractivity contribution < 1.29 is 29.2 Å². The van der Waals surface area contributed by atoms with Crippen LogP contribution in [0.1, 0.15) is 0 Å². The topological polar surface area (TPSA) is 85.2 Å². The molecule has 0 aromatic carbocycles. The van der Waals surface area contributed by atoms with Gasteiger partial charge in [-0.2, -0.15) is 0 Å². The van der Waals surface area contributed by atoms with Gasteiger partial charge in [0.1, 0.15) is 5.76 Å². The van der Waals surface area contributed by atoms with Crippen LogP contribution in [0, 0.1) is 0 Å². The van der Waals surface area contributed by atoms with Crippen LogP contribution in [-0.4, -0.2) is 48.9 Å². The number of hydrogen-bond acceptors (Lipinski definition) is 5. The lowest BCUT2D eigenvalue weighted by molar-refractivity contribution is -0.252. The molecule has 0 saturated carbocycles. The third-order valence-corrected chi connectivity index (χ3v) is 2.54. The van der Waals surface area contributed by atoms with E-state index in [0.717, 1.165) is 6.08 Å². The second-order valence-electron chi connectivity index (χ2n) is 3.23. The molecule has 16 heavy (non-hydrogen) atoms. The molecular formula is C10H14O6. The van der Waals surface area contributed by atoms with Crippen LogP contribution >= 0.6 is 0 Å². The SMILES string of the molecule is COC1=CC(O)(OC)C(OC)(C(=O)O)C=C1. The number of ether oxygens (including phenoxy) is 3. The Labute approximate surface area is 92.7 Å².